The quantitative estimate of drug-likeness (QED) is 0.624. The van der Waals surface area contributed by atoms with Crippen molar-refractivity contribution in [3.05, 3.63) is 30.0 Å². The van der Waals surface area contributed by atoms with E-state index in [0.29, 0.717) is 26.1 Å². The van der Waals surface area contributed by atoms with Gasteiger partial charge in [0.1, 0.15) is 0 Å². The maximum atomic E-state index is 12.2. The minimum atomic E-state index is -0.458. The summed E-state index contributed by atoms with van der Waals surface area (Å²) in [7, 11) is 3.53. The van der Waals surface area contributed by atoms with E-state index < -0.39 is 6.10 Å². The van der Waals surface area contributed by atoms with Crippen LogP contribution in [0.2, 0.25) is 0 Å². The number of ether oxygens (including phenoxy) is 1. The molecule has 154 valence electrons. The largest absolute Gasteiger partial charge is 0.389 e. The standard InChI is InChI=1S/C20H31N5O3/c1-24-19-6-4-3-5-17(19)18(23-24)7-10-21-20(27)22-15-8-11-25(12-9-15)13-16(26)14-28-2/h3-6,15-16,26H,7-14H2,1-2H3,(H2,21,22,27). The Balaban J connectivity index is 1.37. The van der Waals surface area contributed by atoms with Crippen LogP contribution in [0, 0.1) is 0 Å². The minimum Gasteiger partial charge on any atom is -0.389 e. The van der Waals surface area contributed by atoms with Crippen molar-refractivity contribution >= 4 is 16.9 Å². The fourth-order valence-corrected chi connectivity index (χ4v) is 3.81. The summed E-state index contributed by atoms with van der Waals surface area (Å²) in [5.74, 6) is 0. The Morgan fingerprint density at radius 2 is 2.11 bits per heavy atom. The Morgan fingerprint density at radius 3 is 2.86 bits per heavy atom. The molecule has 0 saturated carbocycles. The number of aliphatic hydroxyl groups excluding tert-OH is 1. The Kier molecular flexibility index (Phi) is 7.24. The number of rotatable bonds is 8. The second-order valence-electron chi connectivity index (χ2n) is 7.42. The summed E-state index contributed by atoms with van der Waals surface area (Å²) in [6, 6.07) is 8.17. The normalized spacial score (nSPS) is 17.0. The summed E-state index contributed by atoms with van der Waals surface area (Å²) in [4.78, 5) is 14.4. The number of nitrogens with one attached hydrogen (secondary N) is 2. The van der Waals surface area contributed by atoms with Gasteiger partial charge in [0.15, 0.2) is 0 Å². The molecule has 3 N–H and O–H groups in total. The predicted molar refractivity (Wildman–Crippen MR) is 108 cm³/mol. The summed E-state index contributed by atoms with van der Waals surface area (Å²) in [6.45, 7) is 3.25. The van der Waals surface area contributed by atoms with E-state index >= 15 is 0 Å². The molecule has 1 unspecified atom stereocenters. The first kappa shape index (κ1) is 20.6. The smallest absolute Gasteiger partial charge is 0.315 e. The highest BCUT2D eigenvalue weighted by molar-refractivity contribution is 5.82. The lowest BCUT2D eigenvalue weighted by Crippen LogP contribution is -2.49. The molecular weight excluding hydrogens is 358 g/mol. The molecule has 2 amide bonds. The lowest BCUT2D eigenvalue weighted by Gasteiger charge is -2.33. The Bertz CT molecular complexity index is 770. The molecule has 2 aromatic rings. The monoisotopic (exact) mass is 389 g/mol. The number of piperidine rings is 1. The Labute approximate surface area is 165 Å². The highest BCUT2D eigenvalue weighted by Gasteiger charge is 2.22. The van der Waals surface area contributed by atoms with Gasteiger partial charge in [0, 0.05) is 58.2 Å². The predicted octanol–water partition coefficient (Wildman–Crippen LogP) is 0.887. The Morgan fingerprint density at radius 1 is 1.36 bits per heavy atom. The van der Waals surface area contributed by atoms with Crippen LogP contribution >= 0.6 is 0 Å². The molecule has 1 aliphatic rings. The average Bonchev–Trinajstić information content (AvgIpc) is 3.00. The van der Waals surface area contributed by atoms with Crippen LogP contribution in [0.1, 0.15) is 18.5 Å². The molecule has 28 heavy (non-hydrogen) atoms. The van der Waals surface area contributed by atoms with Crippen LogP contribution in [-0.2, 0) is 18.2 Å². The van der Waals surface area contributed by atoms with Gasteiger partial charge in [0.2, 0.25) is 0 Å². The maximum absolute atomic E-state index is 12.2. The first-order valence-electron chi connectivity index (χ1n) is 9.91. The Hall–Kier alpha value is -2.16. The van der Waals surface area contributed by atoms with E-state index in [9.17, 15) is 9.90 Å². The third-order valence-electron chi connectivity index (χ3n) is 5.23. The SMILES string of the molecule is COCC(O)CN1CCC(NC(=O)NCCc2nn(C)c3ccccc23)CC1. The van der Waals surface area contributed by atoms with Crippen molar-refractivity contribution in [1.29, 1.82) is 0 Å². The summed E-state index contributed by atoms with van der Waals surface area (Å²) in [6.07, 6.45) is 2.01. The number of carbonyl (C=O) groups excluding carboxylic acids is 1. The number of para-hydroxylation sites is 1. The van der Waals surface area contributed by atoms with Crippen molar-refractivity contribution in [2.45, 2.75) is 31.4 Å². The van der Waals surface area contributed by atoms with E-state index in [-0.39, 0.29) is 12.1 Å². The van der Waals surface area contributed by atoms with Crippen LogP contribution in [0.15, 0.2) is 24.3 Å². The summed E-state index contributed by atoms with van der Waals surface area (Å²) in [5.41, 5.74) is 2.10. The molecule has 1 fully saturated rings. The number of benzene rings is 1. The summed E-state index contributed by atoms with van der Waals surface area (Å²) < 4.78 is 6.84. The topological polar surface area (TPSA) is 91.7 Å². The number of likely N-dealkylation sites (tertiary alicyclic amines) is 1. The zero-order valence-corrected chi connectivity index (χ0v) is 16.7. The van der Waals surface area contributed by atoms with Gasteiger partial charge in [-0.3, -0.25) is 4.68 Å². The molecule has 0 bridgehead atoms. The van der Waals surface area contributed by atoms with E-state index in [1.165, 1.54) is 0 Å². The second-order valence-corrected chi connectivity index (χ2v) is 7.42. The highest BCUT2D eigenvalue weighted by Crippen LogP contribution is 2.17. The van der Waals surface area contributed by atoms with E-state index in [1.807, 2.05) is 29.9 Å². The van der Waals surface area contributed by atoms with Crippen LogP contribution < -0.4 is 10.6 Å². The molecule has 3 rings (SSSR count). The van der Waals surface area contributed by atoms with Gasteiger partial charge >= 0.3 is 6.03 Å². The molecule has 1 saturated heterocycles. The fourth-order valence-electron chi connectivity index (χ4n) is 3.81. The van der Waals surface area contributed by atoms with Crippen LogP contribution in [0.5, 0.6) is 0 Å². The molecule has 1 atom stereocenters. The van der Waals surface area contributed by atoms with Gasteiger partial charge in [-0.2, -0.15) is 5.10 Å². The highest BCUT2D eigenvalue weighted by atomic mass is 16.5. The van der Waals surface area contributed by atoms with Crippen LogP contribution in [-0.4, -0.2) is 77.9 Å². The molecule has 1 aliphatic heterocycles. The molecule has 2 heterocycles. The van der Waals surface area contributed by atoms with Gasteiger partial charge in [-0.05, 0) is 18.9 Å². The molecular formula is C20H31N5O3. The van der Waals surface area contributed by atoms with Crippen molar-refractivity contribution in [3.63, 3.8) is 0 Å². The molecule has 0 aliphatic carbocycles. The number of urea groups is 1. The lowest BCUT2D eigenvalue weighted by atomic mass is 10.0. The van der Waals surface area contributed by atoms with Crippen molar-refractivity contribution < 1.29 is 14.6 Å². The van der Waals surface area contributed by atoms with Gasteiger partial charge in [0.05, 0.1) is 23.9 Å². The molecule has 0 spiro atoms. The molecule has 8 heteroatoms. The van der Waals surface area contributed by atoms with Crippen LogP contribution in [0.4, 0.5) is 4.79 Å². The van der Waals surface area contributed by atoms with Gasteiger partial charge in [0.25, 0.3) is 0 Å². The average molecular weight is 390 g/mol. The van der Waals surface area contributed by atoms with Gasteiger partial charge in [-0.25, -0.2) is 4.79 Å². The molecule has 8 nitrogen and oxygen atoms in total. The van der Waals surface area contributed by atoms with Crippen LogP contribution in [0.3, 0.4) is 0 Å². The van der Waals surface area contributed by atoms with Crippen molar-refractivity contribution in [2.24, 2.45) is 7.05 Å². The fraction of sp³-hybridized carbons (Fsp3) is 0.600. The first-order chi connectivity index (χ1) is 13.6. The maximum Gasteiger partial charge on any atom is 0.315 e. The minimum absolute atomic E-state index is 0.127. The number of amides is 2. The molecule has 1 aromatic carbocycles. The van der Waals surface area contributed by atoms with Crippen LogP contribution in [0.25, 0.3) is 10.9 Å². The second kappa shape index (κ2) is 9.86. The number of aliphatic hydroxyl groups is 1. The number of aryl methyl sites for hydroxylation is 1. The van der Waals surface area contributed by atoms with E-state index in [4.69, 9.17) is 4.74 Å². The van der Waals surface area contributed by atoms with Crippen molar-refractivity contribution in [2.75, 3.05) is 39.9 Å². The zero-order chi connectivity index (χ0) is 19.9. The third kappa shape index (κ3) is 5.43. The third-order valence-corrected chi connectivity index (χ3v) is 5.23. The number of β-amino-alcohol motifs (C(OH)–C–C–N with tert-alkyl or cyclic N) is 1. The van der Waals surface area contributed by atoms with Gasteiger partial charge in [-0.1, -0.05) is 18.2 Å². The number of nitrogens with zero attached hydrogens (tertiary/aromatic N) is 3. The number of methoxy groups -OCH3 is 1. The summed E-state index contributed by atoms with van der Waals surface area (Å²) in [5, 5.41) is 21.5. The number of aromatic nitrogens is 2. The lowest BCUT2D eigenvalue weighted by molar-refractivity contribution is 0.0314. The number of fused-ring (bicyclic) bond motifs is 1. The van der Waals surface area contributed by atoms with Crippen molar-refractivity contribution in [3.8, 4) is 0 Å². The molecule has 0 radical (unpaired) electrons. The van der Waals surface area contributed by atoms with Gasteiger partial charge < -0.3 is 25.4 Å². The van der Waals surface area contributed by atoms with E-state index in [1.54, 1.807) is 7.11 Å². The first-order valence-corrected chi connectivity index (χ1v) is 9.91. The van der Waals surface area contributed by atoms with Gasteiger partial charge in [-0.15, -0.1) is 0 Å². The zero-order valence-electron chi connectivity index (χ0n) is 16.7. The van der Waals surface area contributed by atoms with E-state index in [2.05, 4.69) is 26.7 Å². The summed E-state index contributed by atoms with van der Waals surface area (Å²) >= 11 is 0. The number of hydrogen-bond acceptors (Lipinski definition) is 5. The van der Waals surface area contributed by atoms with Crippen molar-refractivity contribution in [1.82, 2.24) is 25.3 Å². The number of hydrogen-bond donors (Lipinski definition) is 3. The number of carbonyl (C=O) groups is 1. The molecule has 1 aromatic heterocycles. The van der Waals surface area contributed by atoms with E-state index in [0.717, 1.165) is 42.5 Å².